The number of benzene rings is 1. The molecule has 9 heteroatoms. The third-order valence-corrected chi connectivity index (χ3v) is 16.8. The van der Waals surface area contributed by atoms with Gasteiger partial charge in [-0.15, -0.1) is 45.1 Å². The van der Waals surface area contributed by atoms with Crippen molar-refractivity contribution in [2.45, 2.75) is 113 Å². The second-order valence-electron chi connectivity index (χ2n) is 17.9. The predicted octanol–water partition coefficient (Wildman–Crippen LogP) is 9.80. The van der Waals surface area contributed by atoms with E-state index in [1.165, 1.54) is 18.9 Å². The topological polar surface area (TPSA) is 104 Å². The van der Waals surface area contributed by atoms with Gasteiger partial charge >= 0.3 is 5.97 Å². The first-order valence-corrected chi connectivity index (χ1v) is 23.4. The molecule has 326 valence electrons. The van der Waals surface area contributed by atoms with E-state index in [0.717, 1.165) is 63.0 Å². The number of fused-ring (bicyclic) bond motifs is 7. The van der Waals surface area contributed by atoms with Crippen LogP contribution in [0, 0.1) is 95.6 Å². The summed E-state index contributed by atoms with van der Waals surface area (Å²) in [6, 6.07) is 4.36. The quantitative estimate of drug-likeness (QED) is 0.219. The standard InChI is InChI=1S/C39H55FN2O5S.C3H6.C2H6.3C2H2/c1-36(2)28(27-8-7-25(34(43)44)24-31(27)40)11-15-38(4)32(36)13-16-37(3)29-12-17-39(14-5-6-30(39)26(29)9-10-33(37)38)35(45)41-18-19-42-20-22-48(46,47)23-21-42;1-3-2;4*1-2/h7-8,11,24,26,29-30,32-33H,5-6,9-10,12-23H2,1-4H3,(H,41,45)(H,43,44);3H,1H2,2H3;1-2H3;3*1-2H/t26-,29?,30?,32?,33?,37-,38-,39-;;;;;/m0...../s1. The minimum Gasteiger partial charge on any atom is -0.478 e. The molecule has 4 saturated carbocycles. The number of hydrogen-bond acceptors (Lipinski definition) is 5. The van der Waals surface area contributed by atoms with E-state index < -0.39 is 21.6 Å². The van der Waals surface area contributed by atoms with E-state index in [-0.39, 0.29) is 44.6 Å². The smallest absolute Gasteiger partial charge is 0.335 e. The lowest BCUT2D eigenvalue weighted by molar-refractivity contribution is -0.181. The average Bonchev–Trinajstić information content (AvgIpc) is 3.68. The predicted molar refractivity (Wildman–Crippen MR) is 242 cm³/mol. The van der Waals surface area contributed by atoms with Crippen molar-refractivity contribution >= 4 is 27.3 Å². The molecule has 5 aliphatic carbocycles. The first-order chi connectivity index (χ1) is 28.0. The number of hydrogen-bond donors (Lipinski definition) is 2. The van der Waals surface area contributed by atoms with Crippen molar-refractivity contribution in [2.24, 2.45) is 51.2 Å². The van der Waals surface area contributed by atoms with E-state index in [1.807, 2.05) is 20.8 Å². The zero-order valence-electron chi connectivity index (χ0n) is 37.1. The largest absolute Gasteiger partial charge is 0.478 e. The van der Waals surface area contributed by atoms with E-state index in [1.54, 1.807) is 12.1 Å². The molecular weight excluding hydrogens is 760 g/mol. The lowest BCUT2D eigenvalue weighted by Crippen LogP contribution is -2.62. The van der Waals surface area contributed by atoms with Crippen LogP contribution in [0.5, 0.6) is 0 Å². The summed E-state index contributed by atoms with van der Waals surface area (Å²) >= 11 is 0. The summed E-state index contributed by atoms with van der Waals surface area (Å²) < 4.78 is 39.0. The van der Waals surface area contributed by atoms with Crippen LogP contribution in [0.2, 0.25) is 0 Å². The maximum atomic E-state index is 15.4. The van der Waals surface area contributed by atoms with Crippen molar-refractivity contribution in [1.82, 2.24) is 10.2 Å². The van der Waals surface area contributed by atoms with Gasteiger partial charge in [0.25, 0.3) is 0 Å². The van der Waals surface area contributed by atoms with E-state index >= 15 is 4.39 Å². The molecule has 8 atom stereocenters. The second kappa shape index (κ2) is 21.6. The number of carboxylic acid groups (broad SMARTS) is 1. The Hall–Kier alpha value is -3.84. The molecule has 1 aromatic carbocycles. The molecule has 59 heavy (non-hydrogen) atoms. The minimum absolute atomic E-state index is 0.0197. The third kappa shape index (κ3) is 10.0. The maximum absolute atomic E-state index is 15.4. The van der Waals surface area contributed by atoms with Gasteiger partial charge in [-0.25, -0.2) is 17.6 Å². The van der Waals surface area contributed by atoms with Crippen LogP contribution >= 0.6 is 0 Å². The summed E-state index contributed by atoms with van der Waals surface area (Å²) in [5.41, 5.74) is 1.33. The number of sulfone groups is 1. The minimum atomic E-state index is -2.91. The van der Waals surface area contributed by atoms with E-state index in [9.17, 15) is 23.1 Å². The highest BCUT2D eigenvalue weighted by atomic mass is 32.2. The number of allylic oxidation sites excluding steroid dienone is 3. The summed E-state index contributed by atoms with van der Waals surface area (Å²) in [5, 5.41) is 12.7. The number of carboxylic acids is 1. The summed E-state index contributed by atoms with van der Waals surface area (Å²) in [6.07, 6.45) is 38.9. The van der Waals surface area contributed by atoms with Gasteiger partial charge in [-0.2, -0.15) is 0 Å². The average molecular weight is 833 g/mol. The Morgan fingerprint density at radius 2 is 1.51 bits per heavy atom. The molecule has 5 fully saturated rings. The third-order valence-electron chi connectivity index (χ3n) is 15.2. The number of nitrogens with one attached hydrogen (secondary N) is 1. The normalized spacial score (nSPS) is 33.0. The fourth-order valence-electron chi connectivity index (χ4n) is 13.0. The number of carbonyl (C=O) groups excluding carboxylic acids is 1. The highest BCUT2D eigenvalue weighted by Gasteiger charge is 2.66. The number of terminal acetylenes is 3. The van der Waals surface area contributed by atoms with E-state index in [4.69, 9.17) is 0 Å². The Morgan fingerprint density at radius 1 is 0.898 bits per heavy atom. The van der Waals surface area contributed by atoms with Crippen molar-refractivity contribution in [3.63, 3.8) is 0 Å². The molecule has 6 aliphatic rings. The maximum Gasteiger partial charge on any atom is 0.335 e. The van der Waals surface area contributed by atoms with E-state index in [0.29, 0.717) is 61.3 Å². The molecule has 1 saturated heterocycles. The zero-order valence-corrected chi connectivity index (χ0v) is 37.9. The molecule has 7 nitrogen and oxygen atoms in total. The van der Waals surface area contributed by atoms with Crippen LogP contribution in [0.15, 0.2) is 36.9 Å². The molecule has 0 spiro atoms. The first kappa shape index (κ1) is 51.3. The Morgan fingerprint density at radius 3 is 2.08 bits per heavy atom. The number of aromatic carboxylic acids is 1. The number of halogens is 1. The fourth-order valence-corrected chi connectivity index (χ4v) is 14.3. The van der Waals surface area contributed by atoms with Gasteiger partial charge in [-0.05, 0) is 128 Å². The molecule has 0 radical (unpaired) electrons. The highest BCUT2D eigenvalue weighted by molar-refractivity contribution is 7.91. The number of rotatable bonds is 6. The number of nitrogens with zero attached hydrogens (tertiary/aromatic N) is 1. The Labute approximate surface area is 357 Å². The first-order valence-electron chi connectivity index (χ1n) is 21.6. The van der Waals surface area contributed by atoms with Crippen molar-refractivity contribution in [3.8, 4) is 38.5 Å². The van der Waals surface area contributed by atoms with Gasteiger partial charge in [0.2, 0.25) is 5.91 Å². The van der Waals surface area contributed by atoms with Crippen LogP contribution in [0.3, 0.4) is 0 Å². The summed E-state index contributed by atoms with van der Waals surface area (Å²) in [7, 11) is -2.91. The molecule has 4 unspecified atom stereocenters. The van der Waals surface area contributed by atoms with Gasteiger partial charge < -0.3 is 10.4 Å². The summed E-state index contributed by atoms with van der Waals surface area (Å²) in [6.45, 7) is 21.3. The molecule has 1 aliphatic heterocycles. The van der Waals surface area contributed by atoms with Crippen LogP contribution in [-0.2, 0) is 14.6 Å². The molecule has 2 N–H and O–H groups in total. The number of amides is 1. The van der Waals surface area contributed by atoms with Gasteiger partial charge in [-0.1, -0.05) is 66.2 Å². The lowest BCUT2D eigenvalue weighted by atomic mass is 9.36. The fraction of sp³-hybridized carbons (Fsp3) is 0.640. The van der Waals surface area contributed by atoms with Crippen LogP contribution in [0.4, 0.5) is 4.39 Å². The van der Waals surface area contributed by atoms with Crippen molar-refractivity contribution in [1.29, 1.82) is 0 Å². The van der Waals surface area contributed by atoms with Gasteiger partial charge in [0.05, 0.1) is 22.5 Å². The molecule has 1 amide bonds. The zero-order chi connectivity index (χ0) is 45.0. The van der Waals surface area contributed by atoms with Crippen molar-refractivity contribution in [2.75, 3.05) is 37.7 Å². The van der Waals surface area contributed by atoms with Crippen LogP contribution in [0.25, 0.3) is 5.57 Å². The molecule has 1 aromatic rings. The van der Waals surface area contributed by atoms with Crippen LogP contribution in [0.1, 0.15) is 129 Å². The summed E-state index contributed by atoms with van der Waals surface area (Å²) in [4.78, 5) is 27.7. The van der Waals surface area contributed by atoms with Gasteiger partial charge in [0.1, 0.15) is 5.82 Å². The van der Waals surface area contributed by atoms with Crippen LogP contribution < -0.4 is 5.32 Å². The van der Waals surface area contributed by atoms with Gasteiger partial charge in [-0.3, -0.25) is 9.69 Å². The Kier molecular flexibility index (Phi) is 18.8. The molecular formula is C50H73FN2O5S. The van der Waals surface area contributed by atoms with Gasteiger partial charge in [0.15, 0.2) is 9.84 Å². The molecule has 7 rings (SSSR count). The summed E-state index contributed by atoms with van der Waals surface area (Å²) in [5.74, 6) is 1.70. The van der Waals surface area contributed by atoms with Crippen molar-refractivity contribution < 1.29 is 27.5 Å². The van der Waals surface area contributed by atoms with E-state index in [2.05, 4.69) is 89.1 Å². The Balaban J connectivity index is 0.00000100. The highest BCUT2D eigenvalue weighted by Crippen LogP contribution is 2.73. The Bertz CT molecular complexity index is 1780. The SMILES string of the molecule is C#C.C#C.C#C.C=CC.CC.CC1(C)C(c2ccc(C(=O)O)cc2F)=CC[C@@]2(C)C1CC[C@@]1(C)C3CC[C@@]4(C(=O)NCCN5CCS(=O)(=O)CC5)CCCC4[C@H]3CCC12. The second-order valence-corrected chi connectivity index (χ2v) is 20.2. The molecule has 1 heterocycles. The van der Waals surface area contributed by atoms with Crippen molar-refractivity contribution in [3.05, 3.63) is 53.9 Å². The number of carbonyl (C=O) groups is 2. The van der Waals surface area contributed by atoms with Gasteiger partial charge in [0, 0.05) is 31.7 Å². The monoisotopic (exact) mass is 833 g/mol. The molecule has 0 aromatic heterocycles. The van der Waals surface area contributed by atoms with Crippen LogP contribution in [-0.4, -0.2) is 68.0 Å². The molecule has 0 bridgehead atoms. The lowest BCUT2D eigenvalue weighted by Gasteiger charge is -2.68.